The highest BCUT2D eigenvalue weighted by molar-refractivity contribution is 6.36. The summed E-state index contributed by atoms with van der Waals surface area (Å²) in [6.45, 7) is 4.00. The van der Waals surface area contributed by atoms with Crippen molar-refractivity contribution in [2.24, 2.45) is 5.92 Å². The first-order valence-corrected chi connectivity index (χ1v) is 12.1. The standard InChI is InChI=1S/C25H26BCl2N5/c26-21-14-30-33-24(12-23(31-25(21)33)20-8-1-2-9-22(20)28)29-13-18-6-4-10-32(16-18)15-17-5-3-7-19(27)11-17/h1-3,5,7-9,11-12,14,18,29H,4,6,10,13,15-16,26H2. The zero-order chi connectivity index (χ0) is 22.8. The first-order valence-electron chi connectivity index (χ1n) is 11.4. The summed E-state index contributed by atoms with van der Waals surface area (Å²) in [4.78, 5) is 7.37. The van der Waals surface area contributed by atoms with Gasteiger partial charge in [-0.1, -0.05) is 53.5 Å². The number of halogens is 2. The van der Waals surface area contributed by atoms with Gasteiger partial charge in [-0.3, -0.25) is 4.90 Å². The van der Waals surface area contributed by atoms with E-state index in [1.165, 1.54) is 18.4 Å². The lowest BCUT2D eigenvalue weighted by Crippen LogP contribution is -2.37. The molecule has 1 unspecified atom stereocenters. The number of hydrogen-bond acceptors (Lipinski definition) is 4. The first-order chi connectivity index (χ1) is 16.1. The van der Waals surface area contributed by atoms with E-state index in [1.54, 1.807) is 0 Å². The van der Waals surface area contributed by atoms with Crippen LogP contribution in [-0.4, -0.2) is 47.0 Å². The molecular formula is C25H26BCl2N5. The van der Waals surface area contributed by atoms with E-state index in [0.29, 0.717) is 10.9 Å². The van der Waals surface area contributed by atoms with Gasteiger partial charge in [0.1, 0.15) is 13.7 Å². The average Bonchev–Trinajstić information content (AvgIpc) is 3.19. The van der Waals surface area contributed by atoms with E-state index in [2.05, 4.69) is 27.4 Å². The Morgan fingerprint density at radius 2 is 1.97 bits per heavy atom. The molecule has 1 aliphatic heterocycles. The van der Waals surface area contributed by atoms with Crippen LogP contribution in [0.1, 0.15) is 18.4 Å². The molecule has 3 heterocycles. The van der Waals surface area contributed by atoms with Gasteiger partial charge < -0.3 is 5.32 Å². The van der Waals surface area contributed by atoms with Crippen LogP contribution in [0, 0.1) is 5.92 Å². The summed E-state index contributed by atoms with van der Waals surface area (Å²) < 4.78 is 1.89. The Balaban J connectivity index is 1.33. The third-order valence-corrected chi connectivity index (χ3v) is 6.83. The van der Waals surface area contributed by atoms with E-state index in [9.17, 15) is 0 Å². The van der Waals surface area contributed by atoms with E-state index < -0.39 is 0 Å². The van der Waals surface area contributed by atoms with E-state index in [4.69, 9.17) is 28.2 Å². The number of rotatable bonds is 6. The summed E-state index contributed by atoms with van der Waals surface area (Å²) in [5, 5.41) is 9.71. The van der Waals surface area contributed by atoms with Crippen molar-refractivity contribution in [2.45, 2.75) is 19.4 Å². The minimum absolute atomic E-state index is 0.557. The molecular weight excluding hydrogens is 452 g/mol. The quantitative estimate of drug-likeness (QED) is 0.421. The number of likely N-dealkylation sites (tertiary alicyclic amines) is 1. The summed E-state index contributed by atoms with van der Waals surface area (Å²) in [6.07, 6.45) is 4.27. The summed E-state index contributed by atoms with van der Waals surface area (Å²) in [5.74, 6) is 1.50. The largest absolute Gasteiger partial charge is 0.370 e. The molecule has 1 N–H and O–H groups in total. The number of hydrogen-bond donors (Lipinski definition) is 1. The molecule has 5 rings (SSSR count). The van der Waals surface area contributed by atoms with Crippen molar-refractivity contribution < 1.29 is 0 Å². The van der Waals surface area contributed by atoms with Gasteiger partial charge in [0.2, 0.25) is 0 Å². The second-order valence-electron chi connectivity index (χ2n) is 8.82. The minimum Gasteiger partial charge on any atom is -0.370 e. The molecule has 168 valence electrons. The Morgan fingerprint density at radius 1 is 1.09 bits per heavy atom. The summed E-state index contributed by atoms with van der Waals surface area (Å²) >= 11 is 12.6. The van der Waals surface area contributed by atoms with Crippen molar-refractivity contribution >= 4 is 48.0 Å². The zero-order valence-electron chi connectivity index (χ0n) is 18.6. The number of nitrogens with zero attached hydrogens (tertiary/aromatic N) is 4. The monoisotopic (exact) mass is 477 g/mol. The molecule has 1 fully saturated rings. The van der Waals surface area contributed by atoms with Crippen LogP contribution in [0.4, 0.5) is 5.82 Å². The first kappa shape index (κ1) is 22.3. The van der Waals surface area contributed by atoms with Gasteiger partial charge >= 0.3 is 0 Å². The Morgan fingerprint density at radius 3 is 2.82 bits per heavy atom. The minimum atomic E-state index is 0.557. The van der Waals surface area contributed by atoms with Crippen LogP contribution in [0.5, 0.6) is 0 Å². The lowest BCUT2D eigenvalue weighted by molar-refractivity contribution is 0.173. The van der Waals surface area contributed by atoms with Crippen molar-refractivity contribution in [3.63, 3.8) is 0 Å². The van der Waals surface area contributed by atoms with Crippen LogP contribution in [0.3, 0.4) is 0 Å². The van der Waals surface area contributed by atoms with Crippen LogP contribution in [-0.2, 0) is 6.54 Å². The fourth-order valence-electron chi connectivity index (χ4n) is 4.61. The van der Waals surface area contributed by atoms with Crippen molar-refractivity contribution in [1.82, 2.24) is 19.5 Å². The van der Waals surface area contributed by atoms with E-state index in [0.717, 1.165) is 59.4 Å². The lowest BCUT2D eigenvalue weighted by atomic mass is 9.97. The van der Waals surface area contributed by atoms with Gasteiger partial charge in [-0.2, -0.15) is 9.61 Å². The summed E-state index contributed by atoms with van der Waals surface area (Å²) in [7, 11) is 2.03. The van der Waals surface area contributed by atoms with E-state index in [1.807, 2.05) is 61.0 Å². The van der Waals surface area contributed by atoms with Crippen molar-refractivity contribution in [3.8, 4) is 11.3 Å². The van der Waals surface area contributed by atoms with Crippen LogP contribution in [0.25, 0.3) is 16.9 Å². The predicted octanol–water partition coefficient (Wildman–Crippen LogP) is 4.29. The summed E-state index contributed by atoms with van der Waals surface area (Å²) in [5.41, 5.74) is 4.93. The maximum atomic E-state index is 6.47. The third-order valence-electron chi connectivity index (χ3n) is 6.27. The SMILES string of the molecule is Bc1cnn2c(NCC3CCCN(Cc4cccc(Cl)c4)C3)cc(-c3ccccc3Cl)nc12. The topological polar surface area (TPSA) is 45.5 Å². The normalized spacial score (nSPS) is 16.8. The van der Waals surface area contributed by atoms with Crippen LogP contribution in [0.2, 0.25) is 10.0 Å². The number of piperidine rings is 1. The second kappa shape index (κ2) is 9.76. The predicted molar refractivity (Wildman–Crippen MR) is 140 cm³/mol. The van der Waals surface area contributed by atoms with E-state index in [-0.39, 0.29) is 0 Å². The highest BCUT2D eigenvalue weighted by Gasteiger charge is 2.21. The number of benzene rings is 2. The van der Waals surface area contributed by atoms with Crippen molar-refractivity contribution in [2.75, 3.05) is 25.0 Å². The molecule has 2 aromatic carbocycles. The Hall–Kier alpha value is -2.54. The maximum absolute atomic E-state index is 6.47. The van der Waals surface area contributed by atoms with Gasteiger partial charge in [0.25, 0.3) is 0 Å². The molecule has 8 heteroatoms. The Kier molecular flexibility index (Phi) is 6.58. The molecule has 0 spiro atoms. The van der Waals surface area contributed by atoms with Crippen LogP contribution >= 0.6 is 23.2 Å². The number of anilines is 1. The Bertz CT molecular complexity index is 1270. The molecule has 1 atom stereocenters. The second-order valence-corrected chi connectivity index (χ2v) is 9.67. The molecule has 0 bridgehead atoms. The molecule has 5 nitrogen and oxygen atoms in total. The van der Waals surface area contributed by atoms with Crippen LogP contribution < -0.4 is 10.8 Å². The third kappa shape index (κ3) is 5.03. The fourth-order valence-corrected chi connectivity index (χ4v) is 5.05. The smallest absolute Gasteiger partial charge is 0.151 e. The highest BCUT2D eigenvalue weighted by Crippen LogP contribution is 2.28. The van der Waals surface area contributed by atoms with Gasteiger partial charge in [-0.15, -0.1) is 0 Å². The molecule has 33 heavy (non-hydrogen) atoms. The van der Waals surface area contributed by atoms with Crippen LogP contribution in [0.15, 0.2) is 60.8 Å². The number of fused-ring (bicyclic) bond motifs is 1. The highest BCUT2D eigenvalue weighted by atomic mass is 35.5. The molecule has 1 aliphatic rings. The lowest BCUT2D eigenvalue weighted by Gasteiger charge is -2.33. The number of nitrogens with one attached hydrogen (secondary N) is 1. The van der Waals surface area contributed by atoms with Gasteiger partial charge in [-0.05, 0) is 54.5 Å². The molecule has 0 amide bonds. The van der Waals surface area contributed by atoms with Gasteiger partial charge in [0.15, 0.2) is 5.65 Å². The molecule has 0 aliphatic carbocycles. The van der Waals surface area contributed by atoms with E-state index >= 15 is 0 Å². The molecule has 1 saturated heterocycles. The molecule has 0 radical (unpaired) electrons. The van der Waals surface area contributed by atoms with Gasteiger partial charge in [0.05, 0.1) is 5.69 Å². The summed E-state index contributed by atoms with van der Waals surface area (Å²) in [6, 6.07) is 18.0. The van der Waals surface area contributed by atoms with Crippen molar-refractivity contribution in [1.29, 1.82) is 0 Å². The molecule has 0 saturated carbocycles. The fraction of sp³-hybridized carbons (Fsp3) is 0.280. The van der Waals surface area contributed by atoms with Gasteiger partial charge in [-0.25, -0.2) is 4.98 Å². The maximum Gasteiger partial charge on any atom is 0.151 e. The van der Waals surface area contributed by atoms with Crippen molar-refractivity contribution in [3.05, 3.63) is 76.4 Å². The van der Waals surface area contributed by atoms with Gasteiger partial charge in [0, 0.05) is 47.5 Å². The zero-order valence-corrected chi connectivity index (χ0v) is 20.2. The molecule has 4 aromatic rings. The Labute approximate surface area is 205 Å². The average molecular weight is 478 g/mol. The molecule has 2 aromatic heterocycles. The number of aromatic nitrogens is 3.